The van der Waals surface area contributed by atoms with Crippen molar-refractivity contribution in [3.05, 3.63) is 65.0 Å². The lowest BCUT2D eigenvalue weighted by Gasteiger charge is -1.99. The minimum absolute atomic E-state index is 0.0325. The number of hydrogen-bond acceptors (Lipinski definition) is 3. The first kappa shape index (κ1) is 34.9. The second-order valence-corrected chi connectivity index (χ2v) is 7.03. The van der Waals surface area contributed by atoms with Gasteiger partial charge in [0.2, 0.25) is 0 Å². The lowest BCUT2D eigenvalue weighted by Crippen LogP contribution is -2.00. The van der Waals surface area contributed by atoms with Crippen LogP contribution >= 0.6 is 0 Å². The number of unbranched alkanes of at least 4 members (excludes halogenated alkanes) is 3. The zero-order valence-electron chi connectivity index (χ0n) is 22.7. The van der Waals surface area contributed by atoms with Crippen molar-refractivity contribution in [2.75, 3.05) is 7.05 Å². The maximum atomic E-state index is 10.9. The Hall–Kier alpha value is -2.73. The van der Waals surface area contributed by atoms with Gasteiger partial charge in [-0.3, -0.25) is 14.8 Å². The van der Waals surface area contributed by atoms with E-state index in [9.17, 15) is 4.79 Å². The molecule has 1 heterocycles. The summed E-state index contributed by atoms with van der Waals surface area (Å²) in [5.74, 6) is 0.0325. The van der Waals surface area contributed by atoms with Gasteiger partial charge in [0.05, 0.1) is 11.4 Å². The number of terminal acetylenes is 1. The molecule has 0 unspecified atom stereocenters. The van der Waals surface area contributed by atoms with Crippen molar-refractivity contribution >= 4 is 11.5 Å². The highest BCUT2D eigenvalue weighted by Gasteiger charge is 2.01. The molecular weight excluding hydrogens is 404 g/mol. The molecule has 0 saturated carbocycles. The Morgan fingerprint density at radius 1 is 0.818 bits per heavy atom. The van der Waals surface area contributed by atoms with Crippen LogP contribution in [0.5, 0.6) is 0 Å². The maximum absolute atomic E-state index is 10.9. The Bertz CT molecular complexity index is 714. The summed E-state index contributed by atoms with van der Waals surface area (Å²) in [5, 5.41) is 0. The van der Waals surface area contributed by atoms with Crippen LogP contribution in [-0.4, -0.2) is 23.5 Å². The number of aromatic nitrogens is 1. The summed E-state index contributed by atoms with van der Waals surface area (Å²) in [5.41, 5.74) is 5.17. The number of Topliss-reactive ketones (excluding diaryl/α,β-unsaturated/α-hetero) is 1. The Morgan fingerprint density at radius 3 is 1.48 bits per heavy atom. The number of nitrogens with zero attached hydrogens (tertiary/aromatic N) is 2. The number of benzene rings is 1. The quantitative estimate of drug-likeness (QED) is 0.183. The molecule has 184 valence electrons. The van der Waals surface area contributed by atoms with E-state index < -0.39 is 0 Å². The van der Waals surface area contributed by atoms with Crippen molar-refractivity contribution in [3.63, 3.8) is 0 Å². The van der Waals surface area contributed by atoms with Gasteiger partial charge in [0.15, 0.2) is 5.78 Å². The van der Waals surface area contributed by atoms with Gasteiger partial charge in [-0.15, -0.1) is 12.8 Å². The second kappa shape index (κ2) is 25.5. The molecule has 0 aliphatic rings. The molecule has 0 amide bonds. The molecule has 0 radical (unpaired) electrons. The van der Waals surface area contributed by atoms with Crippen LogP contribution in [0.2, 0.25) is 0 Å². The molecule has 2 aromatic rings. The molecule has 1 aromatic heterocycles. The Balaban J connectivity index is -0.000000400. The second-order valence-electron chi connectivity index (χ2n) is 7.03. The molecule has 0 N–H and O–H groups in total. The minimum atomic E-state index is 0.0325. The lowest BCUT2D eigenvalue weighted by molar-refractivity contribution is 0.101. The first-order valence-corrected chi connectivity index (χ1v) is 12.2. The van der Waals surface area contributed by atoms with Gasteiger partial charge in [-0.05, 0) is 49.9 Å². The maximum Gasteiger partial charge on any atom is 0.161 e. The molecule has 0 aliphatic heterocycles. The zero-order chi connectivity index (χ0) is 26.1. The fraction of sp³-hybridized carbons (Fsp3) is 0.500. The minimum Gasteiger partial charge on any atom is -0.294 e. The number of hydrogen-bond donors (Lipinski definition) is 0. The van der Waals surface area contributed by atoms with Crippen LogP contribution in [0.4, 0.5) is 0 Å². The van der Waals surface area contributed by atoms with Crippen molar-refractivity contribution in [2.24, 2.45) is 4.99 Å². The molecule has 3 heteroatoms. The predicted molar refractivity (Wildman–Crippen MR) is 149 cm³/mol. The van der Waals surface area contributed by atoms with Crippen LogP contribution in [0.15, 0.2) is 47.6 Å². The van der Waals surface area contributed by atoms with Gasteiger partial charge >= 0.3 is 0 Å². The summed E-state index contributed by atoms with van der Waals surface area (Å²) in [6, 6.07) is 12.4. The largest absolute Gasteiger partial charge is 0.294 e. The molecule has 0 spiro atoms. The van der Waals surface area contributed by atoms with E-state index >= 15 is 0 Å². The number of aliphatic imine (C=N–C) groups is 1. The Kier molecular flexibility index (Phi) is 27.0. The van der Waals surface area contributed by atoms with Crippen LogP contribution < -0.4 is 0 Å². The number of ketones is 1. The third-order valence-electron chi connectivity index (χ3n) is 4.67. The van der Waals surface area contributed by atoms with E-state index in [0.29, 0.717) is 5.56 Å². The Labute approximate surface area is 205 Å². The van der Waals surface area contributed by atoms with Crippen LogP contribution in [0, 0.1) is 12.8 Å². The van der Waals surface area contributed by atoms with Crippen molar-refractivity contribution < 1.29 is 4.79 Å². The molecule has 2 rings (SSSR count). The fourth-order valence-electron chi connectivity index (χ4n) is 2.44. The summed E-state index contributed by atoms with van der Waals surface area (Å²) in [6.45, 7) is 16.2. The van der Waals surface area contributed by atoms with Crippen LogP contribution in [0.3, 0.4) is 0 Å². The average molecular weight is 453 g/mol. The van der Waals surface area contributed by atoms with E-state index in [1.807, 2.05) is 20.8 Å². The molecule has 3 nitrogen and oxygen atoms in total. The van der Waals surface area contributed by atoms with Gasteiger partial charge in [-0.1, -0.05) is 91.5 Å². The van der Waals surface area contributed by atoms with Gasteiger partial charge in [-0.2, -0.15) is 0 Å². The molecule has 0 saturated heterocycles. The number of carbonyl (C=O) groups is 1. The lowest BCUT2D eigenvalue weighted by atomic mass is 10.1. The van der Waals surface area contributed by atoms with E-state index in [1.165, 1.54) is 43.7 Å². The van der Waals surface area contributed by atoms with E-state index in [1.54, 1.807) is 25.4 Å². The van der Waals surface area contributed by atoms with E-state index in [-0.39, 0.29) is 5.78 Å². The van der Waals surface area contributed by atoms with Crippen LogP contribution in [0.1, 0.15) is 108 Å². The summed E-state index contributed by atoms with van der Waals surface area (Å²) in [7, 11) is 1.72. The molecule has 0 atom stereocenters. The van der Waals surface area contributed by atoms with Crippen molar-refractivity contribution in [2.45, 2.75) is 93.9 Å². The third kappa shape index (κ3) is 18.5. The van der Waals surface area contributed by atoms with Crippen molar-refractivity contribution in [1.82, 2.24) is 4.98 Å². The Morgan fingerprint density at radius 2 is 1.24 bits per heavy atom. The monoisotopic (exact) mass is 452 g/mol. The molecular formula is C30H48N2O. The van der Waals surface area contributed by atoms with E-state index in [0.717, 1.165) is 24.2 Å². The molecule has 33 heavy (non-hydrogen) atoms. The first-order valence-electron chi connectivity index (χ1n) is 12.2. The highest BCUT2D eigenvalue weighted by molar-refractivity contribution is 5.98. The molecule has 1 aromatic carbocycles. The van der Waals surface area contributed by atoms with Gasteiger partial charge in [0.1, 0.15) is 0 Å². The van der Waals surface area contributed by atoms with Crippen LogP contribution in [-0.2, 0) is 12.8 Å². The van der Waals surface area contributed by atoms with Gasteiger partial charge in [0.25, 0.3) is 0 Å². The fourth-order valence-corrected chi connectivity index (χ4v) is 2.44. The zero-order valence-corrected chi connectivity index (χ0v) is 22.7. The summed E-state index contributed by atoms with van der Waals surface area (Å²) < 4.78 is 0. The van der Waals surface area contributed by atoms with E-state index in [4.69, 9.17) is 0 Å². The number of aryl methyl sites for hydroxylation is 2. The van der Waals surface area contributed by atoms with E-state index in [2.05, 4.69) is 74.8 Å². The molecule has 0 bridgehead atoms. The first-order chi connectivity index (χ1) is 15.9. The SMILES string of the molecule is C#C.CC.CCCCCC.CCc1ccc(CC)cc1.CN=C(C)c1ccc(C(C)=O)cn1. The van der Waals surface area contributed by atoms with Crippen molar-refractivity contribution in [1.29, 1.82) is 0 Å². The normalized spacial score (nSPS) is 9.36. The topological polar surface area (TPSA) is 42.3 Å². The highest BCUT2D eigenvalue weighted by atomic mass is 16.1. The number of carbonyl (C=O) groups excluding carboxylic acids is 1. The predicted octanol–water partition coefficient (Wildman–Crippen LogP) is 8.40. The average Bonchev–Trinajstić information content (AvgIpc) is 2.90. The summed E-state index contributed by atoms with van der Waals surface area (Å²) in [6.07, 6.45) is 17.4. The smallest absolute Gasteiger partial charge is 0.161 e. The standard InChI is InChI=1S/C10H12N2O.C10H14.C6H14.C2H6.C2H2/c1-7(11-3)10-5-4-9(6-12-10)8(2)13;1-3-9-5-7-10(4-2)8-6-9;1-3-5-6-4-2;2*1-2/h4-6H,1-3H3;5-8H,3-4H2,1-2H3;3-6H2,1-2H3;1-2H3;1-2H. The van der Waals surface area contributed by atoms with Crippen molar-refractivity contribution in [3.8, 4) is 12.8 Å². The van der Waals surface area contributed by atoms with Crippen LogP contribution in [0.25, 0.3) is 0 Å². The summed E-state index contributed by atoms with van der Waals surface area (Å²) >= 11 is 0. The number of pyridine rings is 1. The third-order valence-corrected chi connectivity index (χ3v) is 4.67. The highest BCUT2D eigenvalue weighted by Crippen LogP contribution is 2.05. The van der Waals surface area contributed by atoms with Gasteiger partial charge < -0.3 is 0 Å². The number of rotatable bonds is 7. The summed E-state index contributed by atoms with van der Waals surface area (Å²) in [4.78, 5) is 19.0. The van der Waals surface area contributed by atoms with Gasteiger partial charge in [0, 0.05) is 18.8 Å². The molecule has 0 fully saturated rings. The van der Waals surface area contributed by atoms with Gasteiger partial charge in [-0.25, -0.2) is 0 Å². The molecule has 0 aliphatic carbocycles.